The van der Waals surface area contributed by atoms with Gasteiger partial charge in [-0.15, -0.1) is 0 Å². The summed E-state index contributed by atoms with van der Waals surface area (Å²) in [7, 11) is 0. The van der Waals surface area contributed by atoms with E-state index >= 15 is 0 Å². The minimum atomic E-state index is -0.0854. The van der Waals surface area contributed by atoms with E-state index < -0.39 is 0 Å². The number of nitrogens with zero attached hydrogens (tertiary/aromatic N) is 2. The third-order valence-corrected chi connectivity index (χ3v) is 4.66. The molecule has 132 valence electrons. The Labute approximate surface area is 158 Å². The smallest absolute Gasteiger partial charge is 0.228 e. The summed E-state index contributed by atoms with van der Waals surface area (Å²) in [6.45, 7) is 4.13. The number of aromatic nitrogens is 2. The predicted molar refractivity (Wildman–Crippen MR) is 108 cm³/mol. The Morgan fingerprint density at radius 2 is 1.52 bits per heavy atom. The molecule has 0 spiro atoms. The fourth-order valence-corrected chi connectivity index (χ4v) is 3.34. The van der Waals surface area contributed by atoms with Crippen molar-refractivity contribution in [3.63, 3.8) is 0 Å². The van der Waals surface area contributed by atoms with Crippen LogP contribution in [0.4, 0.5) is 0 Å². The Morgan fingerprint density at radius 1 is 0.852 bits per heavy atom. The van der Waals surface area contributed by atoms with Gasteiger partial charge in [0.2, 0.25) is 5.78 Å². The van der Waals surface area contributed by atoms with Gasteiger partial charge in [0.05, 0.1) is 17.6 Å². The van der Waals surface area contributed by atoms with E-state index in [-0.39, 0.29) is 5.78 Å². The van der Waals surface area contributed by atoms with Gasteiger partial charge >= 0.3 is 0 Å². The lowest BCUT2D eigenvalue weighted by atomic mass is 10.1. The number of hydrogen-bond donors (Lipinski definition) is 0. The first kappa shape index (κ1) is 17.0. The Kier molecular flexibility index (Phi) is 4.43. The second-order valence-corrected chi connectivity index (χ2v) is 6.65. The van der Waals surface area contributed by atoms with Crippen LogP contribution in [-0.4, -0.2) is 15.3 Å². The number of imidazole rings is 1. The molecule has 0 radical (unpaired) electrons. The van der Waals surface area contributed by atoms with Crippen LogP contribution in [0.25, 0.3) is 16.9 Å². The summed E-state index contributed by atoms with van der Waals surface area (Å²) in [5, 5.41) is 0. The zero-order valence-electron chi connectivity index (χ0n) is 15.4. The van der Waals surface area contributed by atoms with Crippen molar-refractivity contribution in [1.82, 2.24) is 9.55 Å². The molecule has 0 N–H and O–H groups in total. The minimum absolute atomic E-state index is 0.0854. The first-order valence-corrected chi connectivity index (χ1v) is 8.95. The van der Waals surface area contributed by atoms with Gasteiger partial charge in [-0.3, -0.25) is 9.36 Å². The largest absolute Gasteiger partial charge is 0.289 e. The summed E-state index contributed by atoms with van der Waals surface area (Å²) in [6.07, 6.45) is 1.78. The lowest BCUT2D eigenvalue weighted by Gasteiger charge is -2.15. The second kappa shape index (κ2) is 7.04. The van der Waals surface area contributed by atoms with E-state index in [9.17, 15) is 4.79 Å². The van der Waals surface area contributed by atoms with Crippen molar-refractivity contribution in [2.75, 3.05) is 0 Å². The Morgan fingerprint density at radius 3 is 2.19 bits per heavy atom. The molecule has 0 bridgehead atoms. The highest BCUT2D eigenvalue weighted by atomic mass is 16.1. The van der Waals surface area contributed by atoms with Crippen LogP contribution < -0.4 is 0 Å². The first-order chi connectivity index (χ1) is 13.1. The van der Waals surface area contributed by atoms with Crippen molar-refractivity contribution in [1.29, 1.82) is 0 Å². The van der Waals surface area contributed by atoms with Crippen molar-refractivity contribution >= 4 is 5.78 Å². The lowest BCUT2D eigenvalue weighted by Crippen LogP contribution is -2.12. The molecule has 4 rings (SSSR count). The third-order valence-electron chi connectivity index (χ3n) is 4.66. The van der Waals surface area contributed by atoms with Gasteiger partial charge in [-0.05, 0) is 25.5 Å². The maximum absolute atomic E-state index is 13.2. The lowest BCUT2D eigenvalue weighted by molar-refractivity contribution is 0.102. The maximum Gasteiger partial charge on any atom is 0.228 e. The molecular formula is C24H20N2O. The van der Waals surface area contributed by atoms with E-state index in [1.54, 1.807) is 6.20 Å². The molecule has 3 nitrogen and oxygen atoms in total. The van der Waals surface area contributed by atoms with Crippen LogP contribution in [0.3, 0.4) is 0 Å². The summed E-state index contributed by atoms with van der Waals surface area (Å²) >= 11 is 0. The Hall–Kier alpha value is -3.46. The molecule has 4 aromatic rings. The van der Waals surface area contributed by atoms with Gasteiger partial charge in [0, 0.05) is 11.1 Å². The molecule has 0 aliphatic rings. The van der Waals surface area contributed by atoms with Gasteiger partial charge in [0.1, 0.15) is 0 Å². The highest BCUT2D eigenvalue weighted by Crippen LogP contribution is 2.28. The van der Waals surface area contributed by atoms with Gasteiger partial charge < -0.3 is 0 Å². The van der Waals surface area contributed by atoms with Crippen LogP contribution in [0.5, 0.6) is 0 Å². The SMILES string of the molecule is Cc1ccc(-n2c(-c3ccccc3)cnc2C(=O)c2ccccc2)c(C)c1. The van der Waals surface area contributed by atoms with Crippen LogP contribution in [0.2, 0.25) is 0 Å². The number of carbonyl (C=O) groups is 1. The molecule has 27 heavy (non-hydrogen) atoms. The van der Waals surface area contributed by atoms with E-state index in [1.165, 1.54) is 5.56 Å². The summed E-state index contributed by atoms with van der Waals surface area (Å²) in [5.41, 5.74) is 5.82. The van der Waals surface area contributed by atoms with Gasteiger partial charge in [0.25, 0.3) is 0 Å². The Balaban J connectivity index is 1.95. The molecule has 0 aliphatic carbocycles. The molecule has 0 unspecified atom stereocenters. The molecule has 0 saturated heterocycles. The topological polar surface area (TPSA) is 34.9 Å². The van der Waals surface area contributed by atoms with Crippen molar-refractivity contribution in [3.05, 3.63) is 108 Å². The number of aryl methyl sites for hydroxylation is 2. The third kappa shape index (κ3) is 3.20. The van der Waals surface area contributed by atoms with Crippen LogP contribution in [0, 0.1) is 13.8 Å². The van der Waals surface area contributed by atoms with Crippen molar-refractivity contribution < 1.29 is 4.79 Å². The van der Waals surface area contributed by atoms with Crippen LogP contribution >= 0.6 is 0 Å². The van der Waals surface area contributed by atoms with Gasteiger partial charge in [0.15, 0.2) is 5.82 Å². The van der Waals surface area contributed by atoms with Crippen molar-refractivity contribution in [2.45, 2.75) is 13.8 Å². The van der Waals surface area contributed by atoms with Crippen LogP contribution in [0.1, 0.15) is 27.3 Å². The fourth-order valence-electron chi connectivity index (χ4n) is 3.34. The highest BCUT2D eigenvalue weighted by molar-refractivity contribution is 6.07. The number of carbonyl (C=O) groups excluding carboxylic acids is 1. The first-order valence-electron chi connectivity index (χ1n) is 8.95. The zero-order valence-corrected chi connectivity index (χ0v) is 15.4. The van der Waals surface area contributed by atoms with E-state index in [0.29, 0.717) is 11.4 Å². The molecule has 3 heteroatoms. The maximum atomic E-state index is 13.2. The molecule has 3 aromatic carbocycles. The molecule has 0 amide bonds. The van der Waals surface area contributed by atoms with Gasteiger partial charge in [-0.2, -0.15) is 0 Å². The quantitative estimate of drug-likeness (QED) is 0.462. The monoisotopic (exact) mass is 352 g/mol. The molecule has 1 aromatic heterocycles. The normalized spacial score (nSPS) is 10.7. The highest BCUT2D eigenvalue weighted by Gasteiger charge is 2.21. The van der Waals surface area contributed by atoms with Crippen molar-refractivity contribution in [3.8, 4) is 16.9 Å². The summed E-state index contributed by atoms with van der Waals surface area (Å²) in [6, 6.07) is 25.6. The Bertz CT molecular complexity index is 1100. The van der Waals surface area contributed by atoms with E-state index in [1.807, 2.05) is 65.2 Å². The van der Waals surface area contributed by atoms with Crippen molar-refractivity contribution in [2.24, 2.45) is 0 Å². The second-order valence-electron chi connectivity index (χ2n) is 6.65. The molecular weight excluding hydrogens is 332 g/mol. The standard InChI is InChI=1S/C24H20N2O/c1-17-13-14-21(18(2)15-17)26-22(19-9-5-3-6-10-19)16-25-24(26)23(27)20-11-7-4-8-12-20/h3-16H,1-2H3. The molecule has 1 heterocycles. The van der Waals surface area contributed by atoms with Gasteiger partial charge in [-0.1, -0.05) is 78.4 Å². The van der Waals surface area contributed by atoms with E-state index in [0.717, 1.165) is 22.5 Å². The van der Waals surface area contributed by atoms with Crippen LogP contribution in [0.15, 0.2) is 85.1 Å². The number of hydrogen-bond acceptors (Lipinski definition) is 2. The fraction of sp³-hybridized carbons (Fsp3) is 0.0833. The van der Waals surface area contributed by atoms with Crippen LogP contribution in [-0.2, 0) is 0 Å². The average molecular weight is 352 g/mol. The molecule has 0 aliphatic heterocycles. The number of benzene rings is 3. The summed E-state index contributed by atoms with van der Waals surface area (Å²) < 4.78 is 1.97. The molecule has 0 fully saturated rings. The summed E-state index contributed by atoms with van der Waals surface area (Å²) in [4.78, 5) is 17.7. The molecule has 0 atom stereocenters. The predicted octanol–water partition coefficient (Wildman–Crippen LogP) is 5.39. The minimum Gasteiger partial charge on any atom is -0.289 e. The number of rotatable bonds is 4. The number of ketones is 1. The van der Waals surface area contributed by atoms with E-state index in [4.69, 9.17) is 0 Å². The molecule has 0 saturated carbocycles. The van der Waals surface area contributed by atoms with E-state index in [2.05, 4.69) is 37.0 Å². The summed E-state index contributed by atoms with van der Waals surface area (Å²) in [5.74, 6) is 0.338. The average Bonchev–Trinajstić information content (AvgIpc) is 3.13. The zero-order chi connectivity index (χ0) is 18.8. The van der Waals surface area contributed by atoms with Gasteiger partial charge in [-0.25, -0.2) is 4.98 Å².